The molecule has 0 heterocycles. The summed E-state index contributed by atoms with van der Waals surface area (Å²) in [5.74, 6) is -3.72. The summed E-state index contributed by atoms with van der Waals surface area (Å²) >= 11 is 11.9. The standard InChI is InChI=1S/C16H19Cl2F3N2O4/c1-4-9(14(24)25)15(26,16(19,20)21)7-22-23-12-6-13(27-8(2)3)11(18)5-10(12)17/h5-9,23,26H,4H2,1-3H3,(H,24,25)/b22-7-. The van der Waals surface area contributed by atoms with Crippen LogP contribution in [0.15, 0.2) is 17.2 Å². The maximum Gasteiger partial charge on any atom is 0.423 e. The number of halogens is 5. The van der Waals surface area contributed by atoms with Crippen LogP contribution in [0.3, 0.4) is 0 Å². The average molecular weight is 431 g/mol. The van der Waals surface area contributed by atoms with Crippen LogP contribution in [0, 0.1) is 5.92 Å². The summed E-state index contributed by atoms with van der Waals surface area (Å²) < 4.78 is 45.3. The highest BCUT2D eigenvalue weighted by Crippen LogP contribution is 2.38. The number of benzene rings is 1. The van der Waals surface area contributed by atoms with Crippen LogP contribution in [0.2, 0.25) is 10.0 Å². The van der Waals surface area contributed by atoms with Crippen molar-refractivity contribution in [1.29, 1.82) is 0 Å². The lowest BCUT2D eigenvalue weighted by molar-refractivity contribution is -0.248. The molecule has 2 atom stereocenters. The lowest BCUT2D eigenvalue weighted by Crippen LogP contribution is -2.55. The molecule has 0 radical (unpaired) electrons. The quantitative estimate of drug-likeness (QED) is 0.414. The molecule has 3 N–H and O–H groups in total. The molecular formula is C16H19Cl2F3N2O4. The van der Waals surface area contributed by atoms with E-state index >= 15 is 0 Å². The van der Waals surface area contributed by atoms with Gasteiger partial charge in [-0.05, 0) is 26.3 Å². The molecule has 0 aromatic heterocycles. The number of carbonyl (C=O) groups is 1. The lowest BCUT2D eigenvalue weighted by Gasteiger charge is -2.31. The molecule has 0 aliphatic heterocycles. The normalized spacial score (nSPS) is 15.6. The third-order valence-corrected chi connectivity index (χ3v) is 4.13. The van der Waals surface area contributed by atoms with Crippen LogP contribution in [0.4, 0.5) is 18.9 Å². The average Bonchev–Trinajstić information content (AvgIpc) is 2.50. The summed E-state index contributed by atoms with van der Waals surface area (Å²) in [7, 11) is 0. The molecule has 0 fully saturated rings. The van der Waals surface area contributed by atoms with Crippen molar-refractivity contribution < 1.29 is 32.9 Å². The van der Waals surface area contributed by atoms with Gasteiger partial charge in [-0.1, -0.05) is 30.1 Å². The van der Waals surface area contributed by atoms with Gasteiger partial charge >= 0.3 is 12.1 Å². The van der Waals surface area contributed by atoms with Gasteiger partial charge in [-0.15, -0.1) is 0 Å². The lowest BCUT2D eigenvalue weighted by atomic mass is 9.85. The fourth-order valence-electron chi connectivity index (χ4n) is 2.19. The third-order valence-electron chi connectivity index (χ3n) is 3.52. The third kappa shape index (κ3) is 5.63. The second-order valence-electron chi connectivity index (χ2n) is 5.92. The molecule has 6 nitrogen and oxygen atoms in total. The summed E-state index contributed by atoms with van der Waals surface area (Å²) in [6, 6.07) is 2.63. The van der Waals surface area contributed by atoms with Gasteiger partial charge < -0.3 is 14.9 Å². The molecular weight excluding hydrogens is 412 g/mol. The first-order valence-electron chi connectivity index (χ1n) is 7.81. The number of aliphatic carboxylic acids is 1. The molecule has 0 saturated heterocycles. The molecule has 11 heteroatoms. The predicted octanol–water partition coefficient (Wildman–Crippen LogP) is 4.58. The summed E-state index contributed by atoms with van der Waals surface area (Å²) in [6.07, 6.45) is -5.85. The summed E-state index contributed by atoms with van der Waals surface area (Å²) in [6.45, 7) is 4.70. The van der Waals surface area contributed by atoms with Crippen LogP contribution in [0.5, 0.6) is 5.75 Å². The summed E-state index contributed by atoms with van der Waals surface area (Å²) in [5, 5.41) is 22.5. The zero-order chi connectivity index (χ0) is 21.0. The van der Waals surface area contributed by atoms with E-state index in [1.54, 1.807) is 13.8 Å². The number of anilines is 1. The number of rotatable bonds is 8. The molecule has 1 aromatic carbocycles. The SMILES string of the molecule is CCC(C(=O)O)C(O)(/C=N\Nc1cc(OC(C)C)c(Cl)cc1Cl)C(F)(F)F. The zero-order valence-corrected chi connectivity index (χ0v) is 16.2. The largest absolute Gasteiger partial charge is 0.489 e. The van der Waals surface area contributed by atoms with E-state index in [4.69, 9.17) is 33.0 Å². The van der Waals surface area contributed by atoms with E-state index in [9.17, 15) is 23.1 Å². The molecule has 1 aromatic rings. The smallest absolute Gasteiger partial charge is 0.423 e. The van der Waals surface area contributed by atoms with Crippen molar-refractivity contribution in [2.24, 2.45) is 11.0 Å². The highest BCUT2D eigenvalue weighted by molar-refractivity contribution is 6.37. The van der Waals surface area contributed by atoms with Gasteiger partial charge in [-0.25, -0.2) is 0 Å². The molecule has 1 rings (SSSR count). The van der Waals surface area contributed by atoms with Gasteiger partial charge in [-0.2, -0.15) is 18.3 Å². The summed E-state index contributed by atoms with van der Waals surface area (Å²) in [5.41, 5.74) is -1.37. The number of alkyl halides is 3. The Bertz CT molecular complexity index is 714. The Morgan fingerprint density at radius 1 is 1.33 bits per heavy atom. The molecule has 27 heavy (non-hydrogen) atoms. The van der Waals surface area contributed by atoms with Gasteiger partial charge in [0, 0.05) is 6.07 Å². The van der Waals surface area contributed by atoms with E-state index in [1.807, 2.05) is 0 Å². The van der Waals surface area contributed by atoms with Gasteiger partial charge in [0.15, 0.2) is 0 Å². The van der Waals surface area contributed by atoms with Crippen LogP contribution < -0.4 is 10.2 Å². The molecule has 0 amide bonds. The Balaban J connectivity index is 3.19. The molecule has 0 saturated carbocycles. The Morgan fingerprint density at radius 2 is 1.93 bits per heavy atom. The highest BCUT2D eigenvalue weighted by Gasteiger charge is 2.59. The molecule has 0 bridgehead atoms. The van der Waals surface area contributed by atoms with Crippen molar-refractivity contribution in [2.75, 3.05) is 5.43 Å². The first-order valence-corrected chi connectivity index (χ1v) is 8.56. The van der Waals surface area contributed by atoms with Gasteiger partial charge in [0.25, 0.3) is 0 Å². The van der Waals surface area contributed by atoms with Gasteiger partial charge in [-0.3, -0.25) is 10.2 Å². The first kappa shape index (κ1) is 23.3. The Morgan fingerprint density at radius 3 is 2.37 bits per heavy atom. The molecule has 0 aliphatic carbocycles. The van der Waals surface area contributed by atoms with Crippen molar-refractivity contribution in [2.45, 2.75) is 45.1 Å². The van der Waals surface area contributed by atoms with Crippen molar-refractivity contribution in [1.82, 2.24) is 0 Å². The molecule has 0 aliphatic rings. The number of carboxylic acid groups (broad SMARTS) is 1. The second kappa shape index (κ2) is 8.99. The molecule has 2 unspecified atom stereocenters. The van der Waals surface area contributed by atoms with Crippen molar-refractivity contribution in [3.63, 3.8) is 0 Å². The Kier molecular flexibility index (Phi) is 7.76. The fourth-order valence-corrected chi connectivity index (χ4v) is 2.66. The minimum atomic E-state index is -5.26. The number of ether oxygens (including phenoxy) is 1. The Hall–Kier alpha value is -1.71. The topological polar surface area (TPSA) is 91.2 Å². The van der Waals surface area contributed by atoms with Crippen LogP contribution >= 0.6 is 23.2 Å². The second-order valence-corrected chi connectivity index (χ2v) is 6.74. The molecule has 0 spiro atoms. The number of carboxylic acids is 1. The monoisotopic (exact) mass is 430 g/mol. The van der Waals surface area contributed by atoms with E-state index in [0.29, 0.717) is 0 Å². The van der Waals surface area contributed by atoms with Crippen LogP contribution in [0.25, 0.3) is 0 Å². The number of hydrogen-bond donors (Lipinski definition) is 3. The van der Waals surface area contributed by atoms with Crippen LogP contribution in [-0.4, -0.2) is 40.3 Å². The first-order chi connectivity index (χ1) is 12.3. The van der Waals surface area contributed by atoms with Crippen molar-refractivity contribution in [3.05, 3.63) is 22.2 Å². The Labute approximate surface area is 163 Å². The van der Waals surface area contributed by atoms with Gasteiger partial charge in [0.1, 0.15) is 5.75 Å². The predicted molar refractivity (Wildman–Crippen MR) is 96.8 cm³/mol. The number of nitrogens with one attached hydrogen (secondary N) is 1. The van der Waals surface area contributed by atoms with Gasteiger partial charge in [0.2, 0.25) is 5.60 Å². The van der Waals surface area contributed by atoms with E-state index in [2.05, 4.69) is 10.5 Å². The van der Waals surface area contributed by atoms with Crippen LogP contribution in [-0.2, 0) is 4.79 Å². The minimum Gasteiger partial charge on any atom is -0.489 e. The number of nitrogens with zero attached hydrogens (tertiary/aromatic N) is 1. The van der Waals surface area contributed by atoms with E-state index in [0.717, 1.165) is 0 Å². The maximum atomic E-state index is 13.3. The molecule has 152 valence electrons. The van der Waals surface area contributed by atoms with Crippen molar-refractivity contribution in [3.8, 4) is 5.75 Å². The highest BCUT2D eigenvalue weighted by atomic mass is 35.5. The minimum absolute atomic E-state index is 0.0362. The zero-order valence-electron chi connectivity index (χ0n) is 14.6. The number of hydrogen-bond acceptors (Lipinski definition) is 5. The van der Waals surface area contributed by atoms with E-state index in [1.165, 1.54) is 19.1 Å². The number of hydrazone groups is 1. The van der Waals surface area contributed by atoms with Crippen molar-refractivity contribution >= 4 is 41.1 Å². The fraction of sp³-hybridized carbons (Fsp3) is 0.500. The van der Waals surface area contributed by atoms with Crippen LogP contribution in [0.1, 0.15) is 27.2 Å². The maximum absolute atomic E-state index is 13.3. The van der Waals surface area contributed by atoms with E-state index in [-0.39, 0.29) is 33.8 Å². The summed E-state index contributed by atoms with van der Waals surface area (Å²) in [4.78, 5) is 11.1. The number of aliphatic hydroxyl groups is 1. The van der Waals surface area contributed by atoms with Gasteiger partial charge in [0.05, 0.1) is 34.0 Å². The van der Waals surface area contributed by atoms with E-state index < -0.39 is 30.1 Å².